The van der Waals surface area contributed by atoms with Crippen LogP contribution in [0, 0.1) is 17.3 Å². The van der Waals surface area contributed by atoms with Gasteiger partial charge in [-0.3, -0.25) is 9.59 Å². The lowest BCUT2D eigenvalue weighted by atomic mass is 9.95. The van der Waals surface area contributed by atoms with Gasteiger partial charge in [-0.15, -0.1) is 0 Å². The van der Waals surface area contributed by atoms with Gasteiger partial charge in [-0.1, -0.05) is 62.4 Å². The number of rotatable bonds is 12. The molecule has 63 heavy (non-hydrogen) atoms. The number of ether oxygens (including phenoxy) is 3. The zero-order valence-corrected chi connectivity index (χ0v) is 36.6. The number of hydrogen-bond donors (Lipinski definition) is 4. The Labute approximate surface area is 366 Å². The molecule has 4 N–H and O–H groups in total. The Hall–Kier alpha value is -6.22. The van der Waals surface area contributed by atoms with E-state index in [1.54, 1.807) is 6.92 Å². The van der Waals surface area contributed by atoms with Crippen molar-refractivity contribution in [3.8, 4) is 33.6 Å². The van der Waals surface area contributed by atoms with E-state index in [9.17, 15) is 19.2 Å². The fraction of sp³-hybridized carbons (Fsp3) is 0.458. The van der Waals surface area contributed by atoms with Crippen molar-refractivity contribution in [3.05, 3.63) is 84.7 Å². The maximum Gasteiger partial charge on any atom is 0.407 e. The number of hydrogen-bond acceptors (Lipinski definition) is 9. The molecular weight excluding hydrogens is 801 g/mol. The first kappa shape index (κ1) is 42.1. The van der Waals surface area contributed by atoms with E-state index >= 15 is 0 Å². The Kier molecular flexibility index (Phi) is 11.2. The monoisotopic (exact) mass is 856 g/mol. The summed E-state index contributed by atoms with van der Waals surface area (Å²) in [5, 5.41) is 7.63. The Morgan fingerprint density at radius 1 is 0.730 bits per heavy atom. The number of alkyl carbamates (subject to hydrolysis) is 2. The van der Waals surface area contributed by atoms with Gasteiger partial charge in [0.2, 0.25) is 11.8 Å². The molecule has 3 unspecified atom stereocenters. The van der Waals surface area contributed by atoms with Crippen molar-refractivity contribution in [2.75, 3.05) is 27.9 Å². The lowest BCUT2D eigenvalue weighted by Crippen LogP contribution is -2.54. The van der Waals surface area contributed by atoms with Crippen molar-refractivity contribution in [1.82, 2.24) is 40.4 Å². The van der Waals surface area contributed by atoms with Crippen LogP contribution in [0.15, 0.2) is 73.1 Å². The summed E-state index contributed by atoms with van der Waals surface area (Å²) in [4.78, 5) is 72.8. The van der Waals surface area contributed by atoms with Gasteiger partial charge < -0.3 is 44.6 Å². The second kappa shape index (κ2) is 16.8. The minimum absolute atomic E-state index is 0.0776. The van der Waals surface area contributed by atoms with Crippen LogP contribution in [0.5, 0.6) is 0 Å². The predicted octanol–water partition coefficient (Wildman–Crippen LogP) is 7.53. The van der Waals surface area contributed by atoms with Crippen LogP contribution in [0.4, 0.5) is 9.59 Å². The minimum atomic E-state index is -0.896. The van der Waals surface area contributed by atoms with Gasteiger partial charge in [0.1, 0.15) is 23.7 Å². The van der Waals surface area contributed by atoms with Crippen LogP contribution in [0.1, 0.15) is 83.0 Å². The molecule has 5 aromatic rings. The molecule has 4 aliphatic rings. The summed E-state index contributed by atoms with van der Waals surface area (Å²) in [7, 11) is 4.10. The molecule has 3 aromatic carbocycles. The molecule has 2 aliphatic carbocycles. The van der Waals surface area contributed by atoms with Crippen molar-refractivity contribution >= 4 is 34.8 Å². The molecule has 1 spiro atoms. The quantitative estimate of drug-likeness (QED) is 0.0985. The maximum atomic E-state index is 14.0. The molecule has 2 saturated carbocycles. The number of aromatic nitrogens is 4. The van der Waals surface area contributed by atoms with Gasteiger partial charge in [-0.25, -0.2) is 19.6 Å². The van der Waals surface area contributed by atoms with Gasteiger partial charge in [0.15, 0.2) is 0 Å². The number of methoxy groups -OCH3 is 3. The molecular formula is C48H56N8O7. The van der Waals surface area contributed by atoms with Crippen LogP contribution in [-0.4, -0.2) is 106 Å². The molecule has 2 aliphatic heterocycles. The van der Waals surface area contributed by atoms with E-state index in [1.165, 1.54) is 21.3 Å². The number of nitrogens with one attached hydrogen (secondary N) is 4. The first-order valence-corrected chi connectivity index (χ1v) is 22.0. The Morgan fingerprint density at radius 2 is 1.32 bits per heavy atom. The zero-order chi connectivity index (χ0) is 44.2. The fourth-order valence-corrected chi connectivity index (χ4v) is 10.2. The number of piperidine rings is 1. The molecule has 9 rings (SSSR count). The molecule has 7 atom stereocenters. The van der Waals surface area contributed by atoms with E-state index in [4.69, 9.17) is 24.2 Å². The van der Waals surface area contributed by atoms with Crippen LogP contribution < -0.4 is 10.6 Å². The highest BCUT2D eigenvalue weighted by molar-refractivity contribution is 5.91. The largest absolute Gasteiger partial charge is 0.453 e. The number of likely N-dealkylation sites (tertiary alicyclic amines) is 2. The van der Waals surface area contributed by atoms with E-state index in [0.29, 0.717) is 12.5 Å². The molecule has 4 fully saturated rings. The number of fused-ring (bicyclic) bond motifs is 3. The van der Waals surface area contributed by atoms with Crippen molar-refractivity contribution in [1.29, 1.82) is 0 Å². The Morgan fingerprint density at radius 3 is 1.97 bits per heavy atom. The van der Waals surface area contributed by atoms with E-state index in [0.717, 1.165) is 94.6 Å². The third kappa shape index (κ3) is 8.03. The molecule has 2 aromatic heterocycles. The van der Waals surface area contributed by atoms with Gasteiger partial charge in [-0.05, 0) is 102 Å². The number of aromatic amines is 2. The smallest absolute Gasteiger partial charge is 0.407 e. The van der Waals surface area contributed by atoms with Crippen molar-refractivity contribution in [3.63, 3.8) is 0 Å². The third-order valence-electron chi connectivity index (χ3n) is 14.0. The molecule has 4 amide bonds. The number of benzene rings is 3. The summed E-state index contributed by atoms with van der Waals surface area (Å²) in [6.07, 6.45) is 7.68. The molecule has 4 heterocycles. The molecule has 0 radical (unpaired) electrons. The third-order valence-corrected chi connectivity index (χ3v) is 14.0. The fourth-order valence-electron chi connectivity index (χ4n) is 10.2. The van der Waals surface area contributed by atoms with Crippen LogP contribution in [0.25, 0.3) is 44.4 Å². The highest BCUT2D eigenvalue weighted by atomic mass is 16.5. The van der Waals surface area contributed by atoms with Crippen LogP contribution >= 0.6 is 0 Å². The highest BCUT2D eigenvalue weighted by Crippen LogP contribution is 2.58. The lowest BCUT2D eigenvalue weighted by molar-refractivity contribution is -0.139. The van der Waals surface area contributed by atoms with Crippen molar-refractivity contribution in [2.45, 2.75) is 95.6 Å². The SMILES string of the molecule is COC(=O)N[C@H](C(=O)N1C2CCC(C2)[C@H]1c1ncc(-c2ccc(-c3ccc4cc(-c5cnc([C@@H]6CC7(CC7)CN6C(=O)[C@@H](NC(=O)OC)C(C)OC)[nH]5)ccc4c3)cc2)[nH]1)C(C)C. The summed E-state index contributed by atoms with van der Waals surface area (Å²) in [6.45, 7) is 6.22. The average molecular weight is 857 g/mol. The Balaban J connectivity index is 0.894. The average Bonchev–Trinajstić information content (AvgIpc) is 3.94. The summed E-state index contributed by atoms with van der Waals surface area (Å²) in [5.41, 5.74) is 5.98. The number of amides is 4. The number of nitrogens with zero attached hydrogens (tertiary/aromatic N) is 4. The molecule has 15 nitrogen and oxygen atoms in total. The molecule has 2 bridgehead atoms. The van der Waals surface area contributed by atoms with Gasteiger partial charge >= 0.3 is 12.2 Å². The predicted molar refractivity (Wildman–Crippen MR) is 236 cm³/mol. The normalized spacial score (nSPS) is 22.3. The van der Waals surface area contributed by atoms with Gasteiger partial charge in [0.25, 0.3) is 0 Å². The number of carbonyl (C=O) groups excluding carboxylic acids is 4. The second-order valence-corrected chi connectivity index (χ2v) is 18.2. The van der Waals surface area contributed by atoms with Gasteiger partial charge in [-0.2, -0.15) is 0 Å². The van der Waals surface area contributed by atoms with Crippen molar-refractivity contribution in [2.24, 2.45) is 17.3 Å². The lowest BCUT2D eigenvalue weighted by Gasteiger charge is -2.37. The summed E-state index contributed by atoms with van der Waals surface area (Å²) in [5.74, 6) is 1.39. The summed E-state index contributed by atoms with van der Waals surface area (Å²) >= 11 is 0. The van der Waals surface area contributed by atoms with Gasteiger partial charge in [0.05, 0.1) is 56.2 Å². The van der Waals surface area contributed by atoms with E-state index < -0.39 is 30.4 Å². The zero-order valence-electron chi connectivity index (χ0n) is 36.6. The number of imidazole rings is 2. The van der Waals surface area contributed by atoms with Crippen LogP contribution in [0.3, 0.4) is 0 Å². The second-order valence-electron chi connectivity index (χ2n) is 18.2. The van der Waals surface area contributed by atoms with E-state index in [-0.39, 0.29) is 41.3 Å². The molecule has 15 heteroatoms. The van der Waals surface area contributed by atoms with Crippen LogP contribution in [-0.2, 0) is 23.8 Å². The van der Waals surface area contributed by atoms with E-state index in [1.807, 2.05) is 36.0 Å². The highest BCUT2D eigenvalue weighted by Gasteiger charge is 2.55. The summed E-state index contributed by atoms with van der Waals surface area (Å²) in [6, 6.07) is 19.3. The first-order chi connectivity index (χ1) is 30.4. The standard InChI is InChI=1S/C48H56N8O7/c1-26(2)39(53-46(59)62-5)45(58)56-35-16-15-34(21-35)41(56)43-50-23-36(52-43)29-9-7-28(8-10-29)30-11-12-32-20-33(14-13-31(32)19-30)37-24-49-42(51-37)38-22-48(17-18-48)25-55(38)44(57)40(27(3)61-4)54-47(60)63-6/h7-14,19-20,23-24,26-27,34-35,38-41H,15-18,21-22,25H2,1-6H3,(H,49,51)(H,50,52)(H,53,59)(H,54,60)/t27?,34?,35?,38-,39-,40-,41-/m0/s1. The number of H-pyrrole nitrogens is 2. The minimum Gasteiger partial charge on any atom is -0.453 e. The summed E-state index contributed by atoms with van der Waals surface area (Å²) < 4.78 is 15.1. The molecule has 2 saturated heterocycles. The Bertz CT molecular complexity index is 2530. The number of carbonyl (C=O) groups is 4. The molecule has 330 valence electrons. The van der Waals surface area contributed by atoms with E-state index in [2.05, 4.69) is 81.3 Å². The van der Waals surface area contributed by atoms with Crippen molar-refractivity contribution < 1.29 is 33.4 Å². The maximum absolute atomic E-state index is 14.0. The van der Waals surface area contributed by atoms with Gasteiger partial charge in [0, 0.05) is 25.3 Å². The first-order valence-electron chi connectivity index (χ1n) is 22.0. The topological polar surface area (TPSA) is 184 Å². The van der Waals surface area contributed by atoms with Crippen LogP contribution in [0.2, 0.25) is 0 Å².